The topological polar surface area (TPSA) is 87.7 Å². The number of hydrogen-bond donors (Lipinski definition) is 3. The normalized spacial score (nSPS) is 27.1. The minimum atomic E-state index is -0.914. The maximum atomic E-state index is 11.7. The minimum absolute atomic E-state index is 0.0982. The first-order chi connectivity index (χ1) is 8.40. The van der Waals surface area contributed by atoms with Gasteiger partial charge in [0.25, 0.3) is 0 Å². The molecule has 4 unspecified atom stereocenters. The lowest BCUT2D eigenvalue weighted by molar-refractivity contribution is -0.141. The third-order valence-corrected chi connectivity index (χ3v) is 3.32. The van der Waals surface area contributed by atoms with Crippen molar-refractivity contribution < 1.29 is 19.4 Å². The van der Waals surface area contributed by atoms with Gasteiger partial charge < -0.3 is 20.5 Å². The molecule has 1 fully saturated rings. The van der Waals surface area contributed by atoms with E-state index in [2.05, 4.69) is 10.6 Å². The Labute approximate surface area is 107 Å². The van der Waals surface area contributed by atoms with Crippen LogP contribution in [0.1, 0.15) is 33.6 Å². The second-order valence-electron chi connectivity index (χ2n) is 4.94. The van der Waals surface area contributed by atoms with E-state index in [0.29, 0.717) is 6.61 Å². The summed E-state index contributed by atoms with van der Waals surface area (Å²) in [6.45, 7) is 5.88. The Morgan fingerprint density at radius 1 is 1.39 bits per heavy atom. The van der Waals surface area contributed by atoms with Crippen molar-refractivity contribution in [3.05, 3.63) is 0 Å². The zero-order chi connectivity index (χ0) is 13.7. The van der Waals surface area contributed by atoms with E-state index in [1.165, 1.54) is 0 Å². The Balaban J connectivity index is 2.34. The number of hydrogen-bond acceptors (Lipinski definition) is 3. The van der Waals surface area contributed by atoms with Gasteiger partial charge >= 0.3 is 12.0 Å². The van der Waals surface area contributed by atoms with Gasteiger partial charge in [-0.25, -0.2) is 4.79 Å². The minimum Gasteiger partial charge on any atom is -0.481 e. The summed E-state index contributed by atoms with van der Waals surface area (Å²) < 4.78 is 5.39. The molecule has 4 atom stereocenters. The van der Waals surface area contributed by atoms with Crippen LogP contribution in [0, 0.1) is 5.92 Å². The first-order valence-corrected chi connectivity index (χ1v) is 6.31. The largest absolute Gasteiger partial charge is 0.481 e. The van der Waals surface area contributed by atoms with Crippen molar-refractivity contribution in [1.82, 2.24) is 10.6 Å². The SMILES string of the molecule is CC1CC(NC(=O)NC(C)C(C)C(=O)O)CCO1. The summed E-state index contributed by atoms with van der Waals surface area (Å²) in [5.74, 6) is -1.52. The average Bonchev–Trinajstić information content (AvgIpc) is 2.27. The van der Waals surface area contributed by atoms with E-state index in [9.17, 15) is 9.59 Å². The van der Waals surface area contributed by atoms with Crippen LogP contribution in [0.3, 0.4) is 0 Å². The smallest absolute Gasteiger partial charge is 0.315 e. The number of rotatable bonds is 4. The molecule has 0 saturated carbocycles. The molecule has 0 radical (unpaired) electrons. The van der Waals surface area contributed by atoms with Crippen molar-refractivity contribution in [3.63, 3.8) is 0 Å². The van der Waals surface area contributed by atoms with Crippen molar-refractivity contribution in [2.75, 3.05) is 6.61 Å². The molecule has 104 valence electrons. The molecule has 3 N–H and O–H groups in total. The number of ether oxygens (including phenoxy) is 1. The molecule has 1 saturated heterocycles. The number of carbonyl (C=O) groups excluding carboxylic acids is 1. The fraction of sp³-hybridized carbons (Fsp3) is 0.833. The van der Waals surface area contributed by atoms with Crippen molar-refractivity contribution in [1.29, 1.82) is 0 Å². The summed E-state index contributed by atoms with van der Waals surface area (Å²) in [4.78, 5) is 22.5. The Kier molecular flexibility index (Phi) is 5.40. The Morgan fingerprint density at radius 2 is 2.06 bits per heavy atom. The van der Waals surface area contributed by atoms with Gasteiger partial charge in [0.2, 0.25) is 0 Å². The predicted octanol–water partition coefficient (Wildman–Crippen LogP) is 0.962. The van der Waals surface area contributed by atoms with Gasteiger partial charge in [0.1, 0.15) is 0 Å². The summed E-state index contributed by atoms with van der Waals surface area (Å²) in [7, 11) is 0. The number of nitrogens with one attached hydrogen (secondary N) is 2. The first kappa shape index (κ1) is 14.8. The lowest BCUT2D eigenvalue weighted by atomic mass is 10.0. The number of amides is 2. The molecule has 0 aliphatic carbocycles. The van der Waals surface area contributed by atoms with Gasteiger partial charge in [-0.1, -0.05) is 0 Å². The number of carbonyl (C=O) groups is 2. The van der Waals surface area contributed by atoms with E-state index in [-0.39, 0.29) is 18.2 Å². The molecule has 1 aliphatic rings. The molecule has 18 heavy (non-hydrogen) atoms. The summed E-state index contributed by atoms with van der Waals surface area (Å²) in [6.07, 6.45) is 1.73. The first-order valence-electron chi connectivity index (χ1n) is 6.31. The number of urea groups is 1. The molecule has 0 bridgehead atoms. The monoisotopic (exact) mass is 258 g/mol. The van der Waals surface area contributed by atoms with Gasteiger partial charge in [0.05, 0.1) is 12.0 Å². The molecule has 1 aliphatic heterocycles. The van der Waals surface area contributed by atoms with Crippen LogP contribution in [0.5, 0.6) is 0 Å². The standard InChI is InChI=1S/C12H22N2O4/c1-7-6-10(4-5-18-7)14-12(17)13-9(3)8(2)11(15)16/h7-10H,4-6H2,1-3H3,(H,15,16)(H2,13,14,17). The lowest BCUT2D eigenvalue weighted by Gasteiger charge is -2.28. The van der Waals surface area contributed by atoms with E-state index in [1.807, 2.05) is 6.92 Å². The van der Waals surface area contributed by atoms with Crippen LogP contribution in [0.2, 0.25) is 0 Å². The van der Waals surface area contributed by atoms with E-state index in [1.54, 1.807) is 13.8 Å². The van der Waals surface area contributed by atoms with Gasteiger partial charge in [-0.3, -0.25) is 4.79 Å². The zero-order valence-electron chi connectivity index (χ0n) is 11.1. The lowest BCUT2D eigenvalue weighted by Crippen LogP contribution is -2.50. The van der Waals surface area contributed by atoms with Crippen LogP contribution >= 0.6 is 0 Å². The summed E-state index contributed by atoms with van der Waals surface area (Å²) >= 11 is 0. The van der Waals surface area contributed by atoms with Crippen LogP contribution in [-0.2, 0) is 9.53 Å². The summed E-state index contributed by atoms with van der Waals surface area (Å²) in [6, 6.07) is -0.615. The number of aliphatic carboxylic acids is 1. The van der Waals surface area contributed by atoms with Crippen LogP contribution in [0.25, 0.3) is 0 Å². The maximum Gasteiger partial charge on any atom is 0.315 e. The molecule has 6 nitrogen and oxygen atoms in total. The Hall–Kier alpha value is -1.30. The molecule has 0 aromatic rings. The maximum absolute atomic E-state index is 11.7. The van der Waals surface area contributed by atoms with Crippen LogP contribution in [0.4, 0.5) is 4.79 Å². The molecule has 1 heterocycles. The highest BCUT2D eigenvalue weighted by atomic mass is 16.5. The Morgan fingerprint density at radius 3 is 2.61 bits per heavy atom. The third-order valence-electron chi connectivity index (χ3n) is 3.32. The molecular formula is C12H22N2O4. The third kappa shape index (κ3) is 4.52. The van der Waals surface area contributed by atoms with Crippen LogP contribution in [-0.4, -0.2) is 41.9 Å². The molecule has 1 rings (SSSR count). The highest BCUT2D eigenvalue weighted by Crippen LogP contribution is 2.13. The molecular weight excluding hydrogens is 236 g/mol. The quantitative estimate of drug-likeness (QED) is 0.701. The highest BCUT2D eigenvalue weighted by molar-refractivity contribution is 5.76. The summed E-state index contributed by atoms with van der Waals surface area (Å²) in [5, 5.41) is 14.3. The molecule has 0 spiro atoms. The molecule has 6 heteroatoms. The van der Waals surface area contributed by atoms with Gasteiger partial charge in [-0.2, -0.15) is 0 Å². The highest BCUT2D eigenvalue weighted by Gasteiger charge is 2.24. The van der Waals surface area contributed by atoms with Crippen molar-refractivity contribution in [2.45, 2.75) is 51.8 Å². The van der Waals surface area contributed by atoms with Crippen molar-refractivity contribution in [3.8, 4) is 0 Å². The fourth-order valence-corrected chi connectivity index (χ4v) is 1.90. The molecule has 0 aromatic heterocycles. The van der Waals surface area contributed by atoms with E-state index >= 15 is 0 Å². The second kappa shape index (κ2) is 6.58. The van der Waals surface area contributed by atoms with E-state index in [0.717, 1.165) is 12.8 Å². The number of carboxylic acid groups (broad SMARTS) is 1. The predicted molar refractivity (Wildman–Crippen MR) is 66.4 cm³/mol. The van der Waals surface area contributed by atoms with Gasteiger partial charge in [-0.05, 0) is 33.6 Å². The fourth-order valence-electron chi connectivity index (χ4n) is 1.90. The van der Waals surface area contributed by atoms with Crippen LogP contribution in [0.15, 0.2) is 0 Å². The second-order valence-corrected chi connectivity index (χ2v) is 4.94. The molecule has 2 amide bonds. The van der Waals surface area contributed by atoms with E-state index in [4.69, 9.17) is 9.84 Å². The van der Waals surface area contributed by atoms with Crippen molar-refractivity contribution >= 4 is 12.0 Å². The summed E-state index contributed by atoms with van der Waals surface area (Å²) in [5.41, 5.74) is 0. The Bertz CT molecular complexity index is 308. The van der Waals surface area contributed by atoms with Gasteiger partial charge in [0, 0.05) is 18.7 Å². The molecule has 0 aromatic carbocycles. The van der Waals surface area contributed by atoms with Crippen molar-refractivity contribution in [2.24, 2.45) is 5.92 Å². The zero-order valence-corrected chi connectivity index (χ0v) is 11.1. The van der Waals surface area contributed by atoms with Crippen LogP contribution < -0.4 is 10.6 Å². The average molecular weight is 258 g/mol. The van der Waals surface area contributed by atoms with E-state index < -0.39 is 17.9 Å². The van der Waals surface area contributed by atoms with Gasteiger partial charge in [-0.15, -0.1) is 0 Å². The number of carboxylic acids is 1. The van der Waals surface area contributed by atoms with Gasteiger partial charge in [0.15, 0.2) is 0 Å².